The number of nitrogens with zero attached hydrogens (tertiary/aromatic N) is 3. The SMILES string of the molecule is COCCN1CN(C(=O)C2CCN2Cc2ccccc2)CC1=O. The fraction of sp³-hybridized carbons (Fsp3) is 0.529. The van der Waals surface area contributed by atoms with Crippen molar-refractivity contribution in [2.75, 3.05) is 40.0 Å². The molecule has 2 heterocycles. The van der Waals surface area contributed by atoms with Gasteiger partial charge in [-0.1, -0.05) is 30.3 Å². The smallest absolute Gasteiger partial charge is 0.243 e. The minimum Gasteiger partial charge on any atom is -0.383 e. The second kappa shape index (κ2) is 7.10. The Morgan fingerprint density at radius 1 is 1.30 bits per heavy atom. The van der Waals surface area contributed by atoms with Crippen molar-refractivity contribution in [3.63, 3.8) is 0 Å². The predicted molar refractivity (Wildman–Crippen MR) is 85.4 cm³/mol. The first-order chi connectivity index (χ1) is 11.2. The summed E-state index contributed by atoms with van der Waals surface area (Å²) in [6.07, 6.45) is 0.869. The summed E-state index contributed by atoms with van der Waals surface area (Å²) < 4.78 is 5.01. The van der Waals surface area contributed by atoms with E-state index in [1.54, 1.807) is 16.9 Å². The van der Waals surface area contributed by atoms with E-state index in [-0.39, 0.29) is 24.4 Å². The molecule has 2 saturated heterocycles. The number of hydrogen-bond donors (Lipinski definition) is 0. The van der Waals surface area contributed by atoms with Crippen LogP contribution in [0.2, 0.25) is 0 Å². The highest BCUT2D eigenvalue weighted by Crippen LogP contribution is 2.23. The lowest BCUT2D eigenvalue weighted by Gasteiger charge is -2.41. The molecule has 0 aliphatic carbocycles. The lowest BCUT2D eigenvalue weighted by Crippen LogP contribution is -2.56. The van der Waals surface area contributed by atoms with E-state index < -0.39 is 0 Å². The molecule has 0 bridgehead atoms. The van der Waals surface area contributed by atoms with Crippen LogP contribution in [0.15, 0.2) is 30.3 Å². The lowest BCUT2D eigenvalue weighted by molar-refractivity contribution is -0.142. The van der Waals surface area contributed by atoms with E-state index >= 15 is 0 Å². The highest BCUT2D eigenvalue weighted by Gasteiger charge is 2.40. The molecule has 0 spiro atoms. The molecule has 2 amide bonds. The maximum absolute atomic E-state index is 12.7. The summed E-state index contributed by atoms with van der Waals surface area (Å²) in [5, 5.41) is 0. The molecule has 6 nitrogen and oxygen atoms in total. The van der Waals surface area contributed by atoms with Gasteiger partial charge in [-0.15, -0.1) is 0 Å². The van der Waals surface area contributed by atoms with Crippen LogP contribution in [0.25, 0.3) is 0 Å². The van der Waals surface area contributed by atoms with E-state index in [1.165, 1.54) is 5.56 Å². The van der Waals surface area contributed by atoms with Crippen LogP contribution in [0.5, 0.6) is 0 Å². The van der Waals surface area contributed by atoms with Gasteiger partial charge in [-0.25, -0.2) is 0 Å². The number of amides is 2. The average Bonchev–Trinajstić information content (AvgIpc) is 2.91. The standard InChI is InChI=1S/C17H23N3O3/c1-23-10-9-19-13-20(12-16(19)21)17(22)15-7-8-18(15)11-14-5-3-2-4-6-14/h2-6,15H,7-13H2,1H3. The minimum atomic E-state index is -0.0922. The second-order valence-electron chi connectivity index (χ2n) is 6.09. The summed E-state index contributed by atoms with van der Waals surface area (Å²) in [7, 11) is 1.61. The first-order valence-electron chi connectivity index (χ1n) is 8.02. The monoisotopic (exact) mass is 317 g/mol. The van der Waals surface area contributed by atoms with Gasteiger partial charge < -0.3 is 14.5 Å². The Bertz CT molecular complexity index is 563. The molecule has 1 aromatic carbocycles. The zero-order chi connectivity index (χ0) is 16.2. The van der Waals surface area contributed by atoms with Crippen molar-refractivity contribution < 1.29 is 14.3 Å². The van der Waals surface area contributed by atoms with Gasteiger partial charge in [-0.2, -0.15) is 0 Å². The van der Waals surface area contributed by atoms with E-state index in [1.807, 2.05) is 18.2 Å². The molecule has 0 saturated carbocycles. The van der Waals surface area contributed by atoms with Gasteiger partial charge in [-0.05, 0) is 12.0 Å². The second-order valence-corrected chi connectivity index (χ2v) is 6.09. The van der Waals surface area contributed by atoms with Crippen molar-refractivity contribution in [2.45, 2.75) is 19.0 Å². The maximum atomic E-state index is 12.7. The first kappa shape index (κ1) is 16.0. The van der Waals surface area contributed by atoms with Gasteiger partial charge in [-0.3, -0.25) is 14.5 Å². The van der Waals surface area contributed by atoms with E-state index in [0.717, 1.165) is 19.5 Å². The normalized spacial score (nSPS) is 21.6. The quantitative estimate of drug-likeness (QED) is 0.768. The van der Waals surface area contributed by atoms with Gasteiger partial charge in [0.05, 0.1) is 19.3 Å². The number of likely N-dealkylation sites (tertiary alicyclic amines) is 1. The summed E-state index contributed by atoms with van der Waals surface area (Å²) in [6.45, 7) is 3.33. The van der Waals surface area contributed by atoms with E-state index in [0.29, 0.717) is 19.8 Å². The van der Waals surface area contributed by atoms with Crippen molar-refractivity contribution in [3.8, 4) is 0 Å². The number of ether oxygens (including phenoxy) is 1. The van der Waals surface area contributed by atoms with Gasteiger partial charge in [0.25, 0.3) is 0 Å². The highest BCUT2D eigenvalue weighted by molar-refractivity contribution is 5.90. The minimum absolute atomic E-state index is 0.00401. The Morgan fingerprint density at radius 3 is 2.74 bits per heavy atom. The molecule has 6 heteroatoms. The van der Waals surface area contributed by atoms with Crippen molar-refractivity contribution >= 4 is 11.8 Å². The summed E-state index contributed by atoms with van der Waals surface area (Å²) >= 11 is 0. The molecule has 0 aromatic heterocycles. The van der Waals surface area contributed by atoms with Gasteiger partial charge in [0.1, 0.15) is 6.54 Å². The topological polar surface area (TPSA) is 53.1 Å². The molecule has 1 atom stereocenters. The molecular weight excluding hydrogens is 294 g/mol. The first-order valence-corrected chi connectivity index (χ1v) is 8.02. The van der Waals surface area contributed by atoms with Crippen LogP contribution >= 0.6 is 0 Å². The third-order valence-corrected chi connectivity index (χ3v) is 4.54. The maximum Gasteiger partial charge on any atom is 0.243 e. The van der Waals surface area contributed by atoms with Crippen LogP contribution in [0.3, 0.4) is 0 Å². The summed E-state index contributed by atoms with van der Waals surface area (Å²) in [5.41, 5.74) is 1.21. The van der Waals surface area contributed by atoms with Gasteiger partial charge in [0.2, 0.25) is 11.8 Å². The van der Waals surface area contributed by atoms with Crippen LogP contribution in [-0.4, -0.2) is 72.6 Å². The molecule has 23 heavy (non-hydrogen) atoms. The Balaban J connectivity index is 1.55. The van der Waals surface area contributed by atoms with Gasteiger partial charge in [0, 0.05) is 26.7 Å². The van der Waals surface area contributed by atoms with Crippen molar-refractivity contribution in [3.05, 3.63) is 35.9 Å². The molecular formula is C17H23N3O3. The molecule has 2 aliphatic heterocycles. The zero-order valence-electron chi connectivity index (χ0n) is 13.5. The number of methoxy groups -OCH3 is 1. The van der Waals surface area contributed by atoms with Crippen LogP contribution in [0.4, 0.5) is 0 Å². The number of hydrogen-bond acceptors (Lipinski definition) is 4. The van der Waals surface area contributed by atoms with Crippen molar-refractivity contribution in [1.29, 1.82) is 0 Å². The summed E-state index contributed by atoms with van der Waals surface area (Å²) in [5.74, 6) is 0.0739. The Morgan fingerprint density at radius 2 is 2.09 bits per heavy atom. The lowest BCUT2D eigenvalue weighted by atomic mass is 10.0. The largest absolute Gasteiger partial charge is 0.383 e. The number of carbonyl (C=O) groups is 2. The van der Waals surface area contributed by atoms with E-state index in [9.17, 15) is 9.59 Å². The number of benzene rings is 1. The third-order valence-electron chi connectivity index (χ3n) is 4.54. The van der Waals surface area contributed by atoms with Crippen LogP contribution < -0.4 is 0 Å². The molecule has 0 N–H and O–H groups in total. The molecule has 3 rings (SSSR count). The zero-order valence-corrected chi connectivity index (χ0v) is 13.5. The Labute approximate surface area is 136 Å². The van der Waals surface area contributed by atoms with Crippen molar-refractivity contribution in [2.24, 2.45) is 0 Å². The van der Waals surface area contributed by atoms with Gasteiger partial charge >= 0.3 is 0 Å². The van der Waals surface area contributed by atoms with Gasteiger partial charge in [0.15, 0.2) is 0 Å². The fourth-order valence-electron chi connectivity index (χ4n) is 3.08. The third kappa shape index (κ3) is 3.54. The highest BCUT2D eigenvalue weighted by atomic mass is 16.5. The van der Waals surface area contributed by atoms with Crippen LogP contribution in [0, 0.1) is 0 Å². The van der Waals surface area contributed by atoms with E-state index in [2.05, 4.69) is 17.0 Å². The summed E-state index contributed by atoms with van der Waals surface area (Å²) in [6, 6.07) is 10.1. The molecule has 2 fully saturated rings. The molecule has 0 radical (unpaired) electrons. The Kier molecular flexibility index (Phi) is 4.93. The molecule has 124 valence electrons. The predicted octanol–water partition coefficient (Wildman–Crippen LogP) is 0.536. The average molecular weight is 317 g/mol. The summed E-state index contributed by atoms with van der Waals surface area (Å²) in [4.78, 5) is 30.2. The Hall–Kier alpha value is -1.92. The van der Waals surface area contributed by atoms with Crippen LogP contribution in [0.1, 0.15) is 12.0 Å². The number of carbonyl (C=O) groups excluding carboxylic acids is 2. The van der Waals surface area contributed by atoms with E-state index in [4.69, 9.17) is 4.74 Å². The molecule has 1 unspecified atom stereocenters. The van der Waals surface area contributed by atoms with Crippen molar-refractivity contribution in [1.82, 2.24) is 14.7 Å². The molecule has 1 aromatic rings. The number of rotatable bonds is 6. The van der Waals surface area contributed by atoms with Crippen LogP contribution in [-0.2, 0) is 20.9 Å². The molecule has 2 aliphatic rings. The fourth-order valence-corrected chi connectivity index (χ4v) is 3.08.